The SMILES string of the molecule is C1CCCCC1.C=C(C)C(=O)OCC(CO)(COC(=O)C(=C)C)COC(=O)C(=C)C.N=C=O.N=C=O. The van der Waals surface area contributed by atoms with E-state index >= 15 is 0 Å². The average molecular weight is 511 g/mol. The average Bonchev–Trinajstić information content (AvgIpc) is 2.85. The summed E-state index contributed by atoms with van der Waals surface area (Å²) < 4.78 is 15.1. The maximum absolute atomic E-state index is 11.6. The van der Waals surface area contributed by atoms with Crippen LogP contribution in [0.4, 0.5) is 0 Å². The first-order valence-electron chi connectivity index (χ1n) is 11.0. The third kappa shape index (κ3) is 20.9. The fourth-order valence-corrected chi connectivity index (χ4v) is 2.35. The Kier molecular flexibility index (Phi) is 23.7. The highest BCUT2D eigenvalue weighted by Crippen LogP contribution is 2.21. The molecule has 0 amide bonds. The van der Waals surface area contributed by atoms with Gasteiger partial charge in [-0.05, 0) is 20.8 Å². The highest BCUT2D eigenvalue weighted by Gasteiger charge is 2.35. The molecule has 11 heteroatoms. The van der Waals surface area contributed by atoms with Crippen molar-refractivity contribution in [3.05, 3.63) is 36.5 Å². The number of nitrogens with one attached hydrogen (secondary N) is 2. The first-order chi connectivity index (χ1) is 16.9. The van der Waals surface area contributed by atoms with Crippen LogP contribution in [0.2, 0.25) is 0 Å². The lowest BCUT2D eigenvalue weighted by molar-refractivity contribution is -0.160. The van der Waals surface area contributed by atoms with Gasteiger partial charge in [-0.25, -0.2) is 34.8 Å². The number of aliphatic hydroxyl groups is 1. The minimum absolute atomic E-state index is 0.166. The lowest BCUT2D eigenvalue weighted by Crippen LogP contribution is -2.42. The first kappa shape index (κ1) is 36.9. The van der Waals surface area contributed by atoms with Crippen LogP contribution in [0.25, 0.3) is 0 Å². The molecule has 0 aromatic carbocycles. The standard InChI is InChI=1S/C17H24O7.C6H12.2CHNO/c1-11(2)14(19)22-8-17(7-18,9-23-15(20)12(3)4)10-24-16(21)13(5)6;1-2-4-6-5-3-1;2*2-1-3/h18H,1,3,5,7-10H2,2,4,6H3;1-6H2;2*2H. The summed E-state index contributed by atoms with van der Waals surface area (Å²) >= 11 is 0. The first-order valence-corrected chi connectivity index (χ1v) is 11.0. The predicted octanol–water partition coefficient (Wildman–Crippen LogP) is 3.47. The van der Waals surface area contributed by atoms with Gasteiger partial charge in [0.1, 0.15) is 19.8 Å². The Bertz CT molecular complexity index is 705. The molecule has 0 heterocycles. The van der Waals surface area contributed by atoms with Gasteiger partial charge >= 0.3 is 17.9 Å². The second-order valence-electron chi connectivity index (χ2n) is 8.05. The third-order valence-corrected chi connectivity index (χ3v) is 4.41. The van der Waals surface area contributed by atoms with Gasteiger partial charge < -0.3 is 19.3 Å². The monoisotopic (exact) mass is 510 g/mol. The van der Waals surface area contributed by atoms with Crippen molar-refractivity contribution < 1.29 is 43.3 Å². The Hall–Kier alpha value is -3.65. The predicted molar refractivity (Wildman–Crippen MR) is 131 cm³/mol. The Morgan fingerprint density at radius 3 is 1.03 bits per heavy atom. The number of hydrogen-bond acceptors (Lipinski definition) is 11. The highest BCUT2D eigenvalue weighted by atomic mass is 16.6. The molecule has 1 saturated carbocycles. The second-order valence-corrected chi connectivity index (χ2v) is 8.05. The van der Waals surface area contributed by atoms with E-state index in [0.29, 0.717) is 0 Å². The molecule has 0 bridgehead atoms. The molecule has 0 aromatic heterocycles. The Labute approximate surface area is 212 Å². The minimum Gasteiger partial charge on any atom is -0.461 e. The van der Waals surface area contributed by atoms with Crippen molar-refractivity contribution in [3.8, 4) is 0 Å². The molecule has 1 aliphatic rings. The molecule has 3 N–H and O–H groups in total. The largest absolute Gasteiger partial charge is 0.461 e. The van der Waals surface area contributed by atoms with Gasteiger partial charge in [0.15, 0.2) is 0 Å². The van der Waals surface area contributed by atoms with E-state index in [2.05, 4.69) is 19.7 Å². The Morgan fingerprint density at radius 1 is 0.694 bits per heavy atom. The van der Waals surface area contributed by atoms with Crippen LogP contribution in [0.15, 0.2) is 36.5 Å². The van der Waals surface area contributed by atoms with Crippen LogP contribution in [-0.2, 0) is 38.2 Å². The fourth-order valence-electron chi connectivity index (χ4n) is 2.35. The molecule has 0 radical (unpaired) electrons. The number of esters is 3. The molecule has 0 aliphatic heterocycles. The van der Waals surface area contributed by atoms with E-state index < -0.39 is 29.9 Å². The fraction of sp³-hybridized carbons (Fsp3) is 0.560. The number of ether oxygens (including phenoxy) is 3. The molecule has 0 atom stereocenters. The summed E-state index contributed by atoms with van der Waals surface area (Å²) in [6.07, 6.45) is 10.5. The van der Waals surface area contributed by atoms with Gasteiger partial charge in [0, 0.05) is 16.7 Å². The van der Waals surface area contributed by atoms with E-state index in [-0.39, 0.29) is 36.5 Å². The van der Waals surface area contributed by atoms with Crippen LogP contribution >= 0.6 is 0 Å². The number of rotatable bonds is 10. The van der Waals surface area contributed by atoms with Gasteiger partial charge in [-0.1, -0.05) is 58.3 Å². The lowest BCUT2D eigenvalue weighted by atomic mass is 9.92. The van der Waals surface area contributed by atoms with Crippen molar-refractivity contribution in [2.45, 2.75) is 59.3 Å². The van der Waals surface area contributed by atoms with Crippen LogP contribution < -0.4 is 0 Å². The Morgan fingerprint density at radius 2 is 0.889 bits per heavy atom. The lowest BCUT2D eigenvalue weighted by Gasteiger charge is -2.30. The molecule has 0 spiro atoms. The summed E-state index contributed by atoms with van der Waals surface area (Å²) in [7, 11) is 0. The molecule has 0 unspecified atom stereocenters. The smallest absolute Gasteiger partial charge is 0.333 e. The van der Waals surface area contributed by atoms with Crippen molar-refractivity contribution in [3.63, 3.8) is 0 Å². The van der Waals surface area contributed by atoms with Gasteiger partial charge in [-0.3, -0.25) is 0 Å². The van der Waals surface area contributed by atoms with Gasteiger partial charge in [-0.2, -0.15) is 0 Å². The molecule has 1 fully saturated rings. The van der Waals surface area contributed by atoms with E-state index in [1.807, 2.05) is 0 Å². The maximum Gasteiger partial charge on any atom is 0.333 e. The van der Waals surface area contributed by atoms with E-state index in [1.54, 1.807) is 0 Å². The topological polar surface area (TPSA) is 181 Å². The summed E-state index contributed by atoms with van der Waals surface area (Å²) in [6, 6.07) is 0. The van der Waals surface area contributed by atoms with Gasteiger partial charge in [0.05, 0.1) is 12.0 Å². The zero-order chi connectivity index (χ0) is 28.6. The molecule has 0 saturated heterocycles. The molecule has 202 valence electrons. The number of carbonyl (C=O) groups excluding carboxylic acids is 5. The Balaban J connectivity index is -0.000000738. The summed E-state index contributed by atoms with van der Waals surface area (Å²) in [6.45, 7) is 13.2. The zero-order valence-electron chi connectivity index (χ0n) is 21.4. The van der Waals surface area contributed by atoms with E-state index in [0.717, 1.165) is 12.2 Å². The molecular formula is C25H38N2O9. The van der Waals surface area contributed by atoms with Crippen molar-refractivity contribution in [2.24, 2.45) is 5.41 Å². The van der Waals surface area contributed by atoms with Crippen LogP contribution in [0.3, 0.4) is 0 Å². The summed E-state index contributed by atoms with van der Waals surface area (Å²) in [5.41, 5.74) is -0.805. The van der Waals surface area contributed by atoms with Crippen molar-refractivity contribution in [2.75, 3.05) is 26.4 Å². The molecule has 0 aromatic rings. The van der Waals surface area contributed by atoms with Crippen LogP contribution in [0, 0.1) is 16.2 Å². The highest BCUT2D eigenvalue weighted by molar-refractivity contribution is 5.88. The second kappa shape index (κ2) is 23.1. The van der Waals surface area contributed by atoms with Crippen molar-refractivity contribution >= 4 is 30.1 Å². The molecule has 1 aliphatic carbocycles. The molecular weight excluding hydrogens is 472 g/mol. The number of aliphatic hydroxyl groups excluding tert-OH is 1. The maximum atomic E-state index is 11.6. The quantitative estimate of drug-likeness (QED) is 0.130. The van der Waals surface area contributed by atoms with Crippen LogP contribution in [0.5, 0.6) is 0 Å². The van der Waals surface area contributed by atoms with Gasteiger partial charge in [-0.15, -0.1) is 0 Å². The number of isocyanates is 2. The van der Waals surface area contributed by atoms with Gasteiger partial charge in [0.25, 0.3) is 0 Å². The van der Waals surface area contributed by atoms with Crippen LogP contribution in [0.1, 0.15) is 59.3 Å². The van der Waals surface area contributed by atoms with Crippen molar-refractivity contribution in [1.82, 2.24) is 0 Å². The van der Waals surface area contributed by atoms with Crippen molar-refractivity contribution in [1.29, 1.82) is 10.8 Å². The number of hydrogen-bond donors (Lipinski definition) is 3. The molecule has 36 heavy (non-hydrogen) atoms. The van der Waals surface area contributed by atoms with Gasteiger partial charge in [0.2, 0.25) is 12.2 Å². The number of carbonyl (C=O) groups is 3. The summed E-state index contributed by atoms with van der Waals surface area (Å²) in [4.78, 5) is 51.3. The van der Waals surface area contributed by atoms with Crippen LogP contribution in [-0.4, -0.2) is 61.6 Å². The van der Waals surface area contributed by atoms with E-state index in [9.17, 15) is 19.5 Å². The molecule has 1 rings (SSSR count). The minimum atomic E-state index is -1.30. The molecule has 11 nitrogen and oxygen atoms in total. The third-order valence-electron chi connectivity index (χ3n) is 4.41. The van der Waals surface area contributed by atoms with E-state index in [4.69, 9.17) is 34.6 Å². The van der Waals surface area contributed by atoms with E-state index in [1.165, 1.54) is 59.3 Å². The summed E-state index contributed by atoms with van der Waals surface area (Å²) in [5, 5.41) is 20.5. The zero-order valence-corrected chi connectivity index (χ0v) is 21.4. The normalized spacial score (nSPS) is 11.4. The summed E-state index contributed by atoms with van der Waals surface area (Å²) in [5.74, 6) is -2.03.